The van der Waals surface area contributed by atoms with Gasteiger partial charge in [0.25, 0.3) is 0 Å². The molecule has 0 spiro atoms. The quantitative estimate of drug-likeness (QED) is 0.801. The predicted molar refractivity (Wildman–Crippen MR) is 66.6 cm³/mol. The number of halogens is 1. The van der Waals surface area contributed by atoms with E-state index in [2.05, 4.69) is 0 Å². The third-order valence-corrected chi connectivity index (χ3v) is 2.66. The highest BCUT2D eigenvalue weighted by Gasteiger charge is 2.12. The second-order valence-electron chi connectivity index (χ2n) is 4.10. The first-order chi connectivity index (χ1) is 8.10. The maximum Gasteiger partial charge on any atom is 0.146 e. The smallest absolute Gasteiger partial charge is 0.146 e. The molecule has 1 unspecified atom stereocenters. The van der Waals surface area contributed by atoms with E-state index in [0.29, 0.717) is 24.3 Å². The Bertz CT molecular complexity index is 349. The minimum absolute atomic E-state index is 0.00239. The number of hydrogen-bond donors (Lipinski definition) is 2. The van der Waals surface area contributed by atoms with Crippen LogP contribution in [0.15, 0.2) is 18.2 Å². The topological polar surface area (TPSA) is 43.7 Å². The van der Waals surface area contributed by atoms with Gasteiger partial charge >= 0.3 is 0 Å². The maximum atomic E-state index is 13.9. The van der Waals surface area contributed by atoms with Gasteiger partial charge in [0.15, 0.2) is 0 Å². The van der Waals surface area contributed by atoms with E-state index < -0.39 is 6.10 Å². The molecule has 1 aromatic carbocycles. The third-order valence-electron chi connectivity index (χ3n) is 2.66. The van der Waals surface area contributed by atoms with Crippen LogP contribution in [0.4, 0.5) is 10.1 Å². The van der Waals surface area contributed by atoms with Gasteiger partial charge in [-0.3, -0.25) is 0 Å². The Kier molecular flexibility index (Phi) is 5.38. The summed E-state index contributed by atoms with van der Waals surface area (Å²) in [5, 5.41) is 18.3. The van der Waals surface area contributed by atoms with Crippen molar-refractivity contribution in [3.8, 4) is 0 Å². The summed E-state index contributed by atoms with van der Waals surface area (Å²) in [5.41, 5.74) is 1.04. The molecular formula is C13H20FNO2. The summed E-state index contributed by atoms with van der Waals surface area (Å²) in [4.78, 5) is 1.81. The van der Waals surface area contributed by atoms with Crippen LogP contribution in [-0.2, 0) is 0 Å². The molecule has 0 heterocycles. The molecule has 0 aromatic heterocycles. The SMILES string of the molecule is CCCN(CCO)c1ccc(C(C)O)cc1F. The van der Waals surface area contributed by atoms with Crippen LogP contribution in [0.5, 0.6) is 0 Å². The molecule has 0 bridgehead atoms. The fourth-order valence-electron chi connectivity index (χ4n) is 1.78. The predicted octanol–water partition coefficient (Wildman–Crippen LogP) is 2.09. The van der Waals surface area contributed by atoms with Crippen molar-refractivity contribution in [2.75, 3.05) is 24.6 Å². The van der Waals surface area contributed by atoms with Gasteiger partial charge in [-0.05, 0) is 31.0 Å². The lowest BCUT2D eigenvalue weighted by molar-refractivity contribution is 0.199. The van der Waals surface area contributed by atoms with Crippen LogP contribution in [0.25, 0.3) is 0 Å². The van der Waals surface area contributed by atoms with Gasteiger partial charge in [-0.1, -0.05) is 13.0 Å². The van der Waals surface area contributed by atoms with Crippen LogP contribution in [0.1, 0.15) is 31.9 Å². The molecule has 0 radical (unpaired) electrons. The summed E-state index contributed by atoms with van der Waals surface area (Å²) in [6.45, 7) is 4.72. The first-order valence-electron chi connectivity index (χ1n) is 5.93. The van der Waals surface area contributed by atoms with Crippen molar-refractivity contribution in [2.45, 2.75) is 26.4 Å². The van der Waals surface area contributed by atoms with Gasteiger partial charge in [0.1, 0.15) is 5.82 Å². The monoisotopic (exact) mass is 241 g/mol. The minimum atomic E-state index is -0.670. The first kappa shape index (κ1) is 13.9. The van der Waals surface area contributed by atoms with Gasteiger partial charge in [0.2, 0.25) is 0 Å². The van der Waals surface area contributed by atoms with E-state index >= 15 is 0 Å². The van der Waals surface area contributed by atoms with Gasteiger partial charge < -0.3 is 15.1 Å². The van der Waals surface area contributed by atoms with E-state index in [0.717, 1.165) is 6.42 Å². The summed E-state index contributed by atoms with van der Waals surface area (Å²) in [5.74, 6) is -0.356. The molecule has 2 N–H and O–H groups in total. The van der Waals surface area contributed by atoms with Gasteiger partial charge in [-0.2, -0.15) is 0 Å². The first-order valence-corrected chi connectivity index (χ1v) is 5.93. The molecule has 17 heavy (non-hydrogen) atoms. The van der Waals surface area contributed by atoms with E-state index in [-0.39, 0.29) is 12.4 Å². The van der Waals surface area contributed by atoms with Gasteiger partial charge in [0, 0.05) is 13.1 Å². The molecule has 0 aliphatic rings. The molecule has 0 saturated heterocycles. The van der Waals surface area contributed by atoms with Crippen LogP contribution in [0.2, 0.25) is 0 Å². The Morgan fingerprint density at radius 2 is 2.06 bits per heavy atom. The zero-order valence-corrected chi connectivity index (χ0v) is 10.4. The average molecular weight is 241 g/mol. The van der Waals surface area contributed by atoms with Crippen LogP contribution in [-0.4, -0.2) is 29.9 Å². The highest BCUT2D eigenvalue weighted by Crippen LogP contribution is 2.23. The lowest BCUT2D eigenvalue weighted by Gasteiger charge is -2.24. The van der Waals surface area contributed by atoms with Gasteiger partial charge in [-0.25, -0.2) is 4.39 Å². The summed E-state index contributed by atoms with van der Waals surface area (Å²) in [7, 11) is 0. The third kappa shape index (κ3) is 3.68. The lowest BCUT2D eigenvalue weighted by atomic mass is 10.1. The molecule has 4 heteroatoms. The molecule has 3 nitrogen and oxygen atoms in total. The highest BCUT2D eigenvalue weighted by atomic mass is 19.1. The maximum absolute atomic E-state index is 13.9. The molecule has 0 fully saturated rings. The number of aliphatic hydroxyl groups is 2. The lowest BCUT2D eigenvalue weighted by Crippen LogP contribution is -2.28. The minimum Gasteiger partial charge on any atom is -0.395 e. The number of nitrogens with zero attached hydrogens (tertiary/aromatic N) is 1. The number of rotatable bonds is 6. The van der Waals surface area contributed by atoms with Crippen molar-refractivity contribution in [1.29, 1.82) is 0 Å². The van der Waals surface area contributed by atoms with Crippen LogP contribution < -0.4 is 4.90 Å². The molecule has 0 aliphatic heterocycles. The fraction of sp³-hybridized carbons (Fsp3) is 0.538. The summed E-state index contributed by atoms with van der Waals surface area (Å²) in [6.07, 6.45) is 0.216. The van der Waals surface area contributed by atoms with E-state index in [9.17, 15) is 9.50 Å². The van der Waals surface area contributed by atoms with Crippen molar-refractivity contribution in [2.24, 2.45) is 0 Å². The Morgan fingerprint density at radius 3 is 2.53 bits per heavy atom. The van der Waals surface area contributed by atoms with E-state index in [4.69, 9.17) is 5.11 Å². The largest absolute Gasteiger partial charge is 0.395 e. The molecule has 0 aliphatic carbocycles. The van der Waals surface area contributed by atoms with E-state index in [1.54, 1.807) is 24.0 Å². The van der Waals surface area contributed by atoms with E-state index in [1.807, 2.05) is 6.92 Å². The average Bonchev–Trinajstić information content (AvgIpc) is 2.28. The zero-order valence-electron chi connectivity index (χ0n) is 10.4. The standard InChI is InChI=1S/C13H20FNO2/c1-3-6-15(7-8-16)13-5-4-11(10(2)17)9-12(13)14/h4-5,9-10,16-17H,3,6-8H2,1-2H3. The molecular weight excluding hydrogens is 221 g/mol. The fourth-order valence-corrected chi connectivity index (χ4v) is 1.78. The Morgan fingerprint density at radius 1 is 1.35 bits per heavy atom. The summed E-state index contributed by atoms with van der Waals surface area (Å²) < 4.78 is 13.9. The molecule has 1 atom stereocenters. The van der Waals surface area contributed by atoms with Gasteiger partial charge in [0.05, 0.1) is 18.4 Å². The number of benzene rings is 1. The normalized spacial score (nSPS) is 12.5. The second kappa shape index (κ2) is 6.57. The molecule has 1 rings (SSSR count). The van der Waals surface area contributed by atoms with Crippen molar-refractivity contribution in [1.82, 2.24) is 0 Å². The van der Waals surface area contributed by atoms with Gasteiger partial charge in [-0.15, -0.1) is 0 Å². The van der Waals surface area contributed by atoms with Crippen LogP contribution in [0, 0.1) is 5.82 Å². The van der Waals surface area contributed by atoms with Crippen LogP contribution >= 0.6 is 0 Å². The number of aliphatic hydroxyl groups excluding tert-OH is 2. The molecule has 0 amide bonds. The molecule has 96 valence electrons. The Labute approximate surface area is 101 Å². The van der Waals surface area contributed by atoms with Crippen molar-refractivity contribution in [3.63, 3.8) is 0 Å². The van der Waals surface area contributed by atoms with Crippen LogP contribution in [0.3, 0.4) is 0 Å². The Balaban J connectivity index is 2.95. The van der Waals surface area contributed by atoms with E-state index in [1.165, 1.54) is 6.07 Å². The zero-order chi connectivity index (χ0) is 12.8. The van der Waals surface area contributed by atoms with Crippen molar-refractivity contribution in [3.05, 3.63) is 29.6 Å². The summed E-state index contributed by atoms with van der Waals surface area (Å²) >= 11 is 0. The Hall–Kier alpha value is -1.13. The number of anilines is 1. The highest BCUT2D eigenvalue weighted by molar-refractivity contribution is 5.49. The second-order valence-corrected chi connectivity index (χ2v) is 4.10. The summed E-state index contributed by atoms with van der Waals surface area (Å²) in [6, 6.07) is 4.71. The molecule has 0 saturated carbocycles. The van der Waals surface area contributed by atoms with Crippen molar-refractivity contribution >= 4 is 5.69 Å². The number of hydrogen-bond acceptors (Lipinski definition) is 3. The van der Waals surface area contributed by atoms with Crippen molar-refractivity contribution < 1.29 is 14.6 Å². The molecule has 1 aromatic rings.